The Morgan fingerprint density at radius 3 is 2.44 bits per heavy atom. The monoisotopic (exact) mass is 528 g/mol. The Labute approximate surface area is 213 Å². The van der Waals surface area contributed by atoms with Crippen molar-refractivity contribution in [2.45, 2.75) is 13.8 Å². The minimum atomic E-state index is -3.72. The van der Waals surface area contributed by atoms with Gasteiger partial charge < -0.3 is 14.2 Å². The largest absolute Gasteiger partial charge is 0.493 e. The molecule has 0 atom stereocenters. The van der Waals surface area contributed by atoms with Gasteiger partial charge in [-0.15, -0.1) is 0 Å². The van der Waals surface area contributed by atoms with Gasteiger partial charge in [0.05, 0.1) is 24.6 Å². The highest BCUT2D eigenvalue weighted by molar-refractivity contribution is 8.16. The summed E-state index contributed by atoms with van der Waals surface area (Å²) >= 11 is 0.744. The van der Waals surface area contributed by atoms with Crippen LogP contribution in [0.5, 0.6) is 17.2 Å². The Kier molecular flexibility index (Phi) is 7.18. The molecule has 0 unspecified atom stereocenters. The second-order valence-electron chi connectivity index (χ2n) is 8.01. The minimum absolute atomic E-state index is 0.0343. The van der Waals surface area contributed by atoms with E-state index in [1.54, 1.807) is 18.2 Å². The quantitative estimate of drug-likeness (QED) is 0.329. The molecule has 0 saturated carbocycles. The number of rotatable bonds is 7. The summed E-state index contributed by atoms with van der Waals surface area (Å²) in [5.41, 5.74) is 2.57. The first-order chi connectivity index (χ1) is 17.1. The molecule has 10 nitrogen and oxygen atoms in total. The average molecular weight is 529 g/mol. The highest BCUT2D eigenvalue weighted by Gasteiger charge is 2.41. The molecule has 0 radical (unpaired) electrons. The van der Waals surface area contributed by atoms with E-state index in [1.165, 1.54) is 13.2 Å². The molecular weight excluding hydrogens is 504 g/mol. The molecule has 2 heterocycles. The van der Waals surface area contributed by atoms with Crippen molar-refractivity contribution in [3.63, 3.8) is 0 Å². The summed E-state index contributed by atoms with van der Waals surface area (Å²) in [5.74, 6) is 0.762. The maximum Gasteiger partial charge on any atom is 0.283 e. The van der Waals surface area contributed by atoms with Gasteiger partial charge >= 0.3 is 0 Å². The van der Waals surface area contributed by atoms with Crippen molar-refractivity contribution in [3.8, 4) is 17.2 Å². The summed E-state index contributed by atoms with van der Waals surface area (Å²) in [6.07, 6.45) is 2.43. The van der Waals surface area contributed by atoms with Gasteiger partial charge in [0.2, 0.25) is 20.2 Å². The van der Waals surface area contributed by atoms with E-state index in [2.05, 4.69) is 9.39 Å². The number of amides is 1. The van der Waals surface area contributed by atoms with Gasteiger partial charge in [-0.05, 0) is 48.7 Å². The maximum absolute atomic E-state index is 12.6. The van der Waals surface area contributed by atoms with Gasteiger partial charge in [0.1, 0.15) is 24.8 Å². The van der Waals surface area contributed by atoms with E-state index in [0.717, 1.165) is 40.0 Å². The van der Waals surface area contributed by atoms with Crippen LogP contribution in [0.1, 0.15) is 16.7 Å². The summed E-state index contributed by atoms with van der Waals surface area (Å²) in [7, 11) is -2.23. The summed E-state index contributed by atoms with van der Waals surface area (Å²) in [5, 5.41) is 8.15. The fourth-order valence-electron chi connectivity index (χ4n) is 3.62. The Balaban J connectivity index is 1.49. The number of aliphatic imine (C=N–C) groups is 1. The number of amidine groups is 3. The van der Waals surface area contributed by atoms with Crippen molar-refractivity contribution in [2.75, 3.05) is 26.6 Å². The number of benzene rings is 2. The zero-order valence-corrected chi connectivity index (χ0v) is 21.7. The minimum Gasteiger partial charge on any atom is -0.493 e. The van der Waals surface area contributed by atoms with Crippen LogP contribution in [0.4, 0.5) is 0 Å². The Bertz CT molecular complexity index is 1430. The molecule has 2 aliphatic rings. The zero-order chi connectivity index (χ0) is 26.0. The van der Waals surface area contributed by atoms with Crippen molar-refractivity contribution < 1.29 is 27.4 Å². The molecule has 0 bridgehead atoms. The smallest absolute Gasteiger partial charge is 0.283 e. The predicted molar refractivity (Wildman–Crippen MR) is 140 cm³/mol. The van der Waals surface area contributed by atoms with Crippen LogP contribution >= 0.6 is 11.9 Å². The lowest BCUT2D eigenvalue weighted by Crippen LogP contribution is -2.45. The van der Waals surface area contributed by atoms with Crippen LogP contribution in [0, 0.1) is 19.3 Å². The van der Waals surface area contributed by atoms with Crippen LogP contribution < -0.4 is 14.2 Å². The summed E-state index contributed by atoms with van der Waals surface area (Å²) in [4.78, 5) is 17.5. The number of methoxy groups -OCH3 is 1. The van der Waals surface area contributed by atoms with E-state index in [1.807, 2.05) is 32.0 Å². The van der Waals surface area contributed by atoms with Gasteiger partial charge in [-0.3, -0.25) is 10.2 Å². The number of carbonyl (C=O) groups excluding carboxylic acids is 1. The lowest BCUT2D eigenvalue weighted by atomic mass is 10.1. The highest BCUT2D eigenvalue weighted by atomic mass is 32.2. The molecule has 0 fully saturated rings. The summed E-state index contributed by atoms with van der Waals surface area (Å²) < 4.78 is 45.1. The van der Waals surface area contributed by atoms with E-state index < -0.39 is 15.7 Å². The van der Waals surface area contributed by atoms with Crippen molar-refractivity contribution in [1.82, 2.24) is 4.90 Å². The molecule has 2 aliphatic heterocycles. The molecule has 0 aromatic heterocycles. The average Bonchev–Trinajstić information content (AvgIpc) is 3.26. The van der Waals surface area contributed by atoms with Crippen LogP contribution in [-0.4, -0.2) is 62.0 Å². The molecule has 188 valence electrons. The standard InChI is InChI=1S/C24H24N4O6S2/c1-14-6-5-7-15(2)20(14)34-11-10-33-18-9-8-16(13-19(18)32-3)12-17-21(25)28-23(26-22(17)29)35-27-24(28)36(4,30)31/h5-9,12-13,25H,10-11H2,1-4H3. The first kappa shape index (κ1) is 25.5. The number of hydrogen-bond acceptors (Lipinski definition) is 9. The molecule has 1 amide bonds. The van der Waals surface area contributed by atoms with E-state index in [0.29, 0.717) is 23.7 Å². The topological polar surface area (TPSA) is 131 Å². The first-order valence-electron chi connectivity index (χ1n) is 10.8. The van der Waals surface area contributed by atoms with Gasteiger partial charge in [0, 0.05) is 6.26 Å². The van der Waals surface area contributed by atoms with Crippen molar-refractivity contribution in [1.29, 1.82) is 5.41 Å². The molecule has 4 rings (SSSR count). The third-order valence-electron chi connectivity index (χ3n) is 5.32. The molecule has 12 heteroatoms. The Morgan fingerprint density at radius 2 is 1.78 bits per heavy atom. The molecule has 2 aromatic rings. The summed E-state index contributed by atoms with van der Waals surface area (Å²) in [6.45, 7) is 4.59. The first-order valence-corrected chi connectivity index (χ1v) is 13.5. The third-order valence-corrected chi connectivity index (χ3v) is 7.07. The lowest BCUT2D eigenvalue weighted by Gasteiger charge is -2.23. The van der Waals surface area contributed by atoms with Crippen molar-refractivity contribution in [2.24, 2.45) is 9.39 Å². The van der Waals surface area contributed by atoms with Crippen molar-refractivity contribution in [3.05, 3.63) is 58.7 Å². The second-order valence-corrected chi connectivity index (χ2v) is 10.6. The second kappa shape index (κ2) is 10.2. The SMILES string of the molecule is COc1cc(C=C2C(=N)N3C(=NC2=O)SN=C3S(C)(=O)=O)ccc1OCCOc1c(C)cccc1C. The summed E-state index contributed by atoms with van der Waals surface area (Å²) in [6, 6.07) is 11.0. The number of fused-ring (bicyclic) bond motifs is 1. The van der Waals surface area contributed by atoms with Gasteiger partial charge in [-0.25, -0.2) is 13.3 Å². The lowest BCUT2D eigenvalue weighted by molar-refractivity contribution is -0.114. The van der Waals surface area contributed by atoms with Gasteiger partial charge in [0.15, 0.2) is 11.5 Å². The fraction of sp³-hybridized carbons (Fsp3) is 0.250. The molecule has 0 saturated heterocycles. The van der Waals surface area contributed by atoms with Gasteiger partial charge in [-0.2, -0.15) is 9.39 Å². The molecular formula is C24H24N4O6S2. The number of para-hydroxylation sites is 1. The van der Waals surface area contributed by atoms with Crippen LogP contribution in [0.2, 0.25) is 0 Å². The van der Waals surface area contributed by atoms with Crippen LogP contribution in [0.3, 0.4) is 0 Å². The number of ether oxygens (including phenoxy) is 3. The predicted octanol–water partition coefficient (Wildman–Crippen LogP) is 3.39. The van der Waals surface area contributed by atoms with Crippen molar-refractivity contribution >= 4 is 49.9 Å². The molecule has 0 spiro atoms. The van der Waals surface area contributed by atoms with Gasteiger partial charge in [-0.1, -0.05) is 24.3 Å². The van der Waals surface area contributed by atoms with E-state index in [9.17, 15) is 13.2 Å². The number of sulfone groups is 1. The fourth-order valence-corrected chi connectivity index (χ4v) is 5.46. The number of carbonyl (C=O) groups is 1. The Morgan fingerprint density at radius 1 is 1.08 bits per heavy atom. The van der Waals surface area contributed by atoms with Crippen LogP contribution in [0.25, 0.3) is 6.08 Å². The number of nitrogens with zero attached hydrogens (tertiary/aromatic N) is 3. The van der Waals surface area contributed by atoms with E-state index in [-0.39, 0.29) is 28.4 Å². The van der Waals surface area contributed by atoms with Crippen LogP contribution in [0.15, 0.2) is 51.4 Å². The number of nitrogens with one attached hydrogen (secondary N) is 1. The van der Waals surface area contributed by atoms with Gasteiger partial charge in [0.25, 0.3) is 5.91 Å². The van der Waals surface area contributed by atoms with E-state index >= 15 is 0 Å². The number of hydrogen-bond donors (Lipinski definition) is 1. The molecule has 2 aromatic carbocycles. The molecule has 36 heavy (non-hydrogen) atoms. The normalized spacial score (nSPS) is 16.6. The maximum atomic E-state index is 12.6. The molecule has 1 N–H and O–H groups in total. The third kappa shape index (κ3) is 5.14. The zero-order valence-electron chi connectivity index (χ0n) is 20.1. The van der Waals surface area contributed by atoms with E-state index in [4.69, 9.17) is 19.6 Å². The molecule has 0 aliphatic carbocycles. The van der Waals surface area contributed by atoms with Crippen LogP contribution in [-0.2, 0) is 14.6 Å². The highest BCUT2D eigenvalue weighted by Crippen LogP contribution is 2.32. The number of aryl methyl sites for hydroxylation is 2. The Hall–Kier alpha value is -3.64.